The molecule has 0 spiro atoms. The summed E-state index contributed by atoms with van der Waals surface area (Å²) in [7, 11) is 0. The molecule has 1 N–H and O–H groups in total. The lowest BCUT2D eigenvalue weighted by molar-refractivity contribution is -0.137. The van der Waals surface area contributed by atoms with Crippen molar-refractivity contribution in [2.75, 3.05) is 0 Å². The highest BCUT2D eigenvalue weighted by Gasteiger charge is 2.13. The fourth-order valence-electron chi connectivity index (χ4n) is 1.08. The highest BCUT2D eigenvalue weighted by Crippen LogP contribution is 2.15. The predicted octanol–water partition coefficient (Wildman–Crippen LogP) is 1.46. The van der Waals surface area contributed by atoms with E-state index in [1.165, 1.54) is 0 Å². The molecule has 0 fully saturated rings. The van der Waals surface area contributed by atoms with E-state index in [0.29, 0.717) is 6.42 Å². The van der Waals surface area contributed by atoms with Crippen LogP contribution in [0.1, 0.15) is 19.8 Å². The second-order valence-electron chi connectivity index (χ2n) is 2.65. The van der Waals surface area contributed by atoms with Crippen LogP contribution in [0.4, 0.5) is 0 Å². The van der Waals surface area contributed by atoms with Crippen LogP contribution in [-0.2, 0) is 4.79 Å². The van der Waals surface area contributed by atoms with Crippen molar-refractivity contribution < 1.29 is 9.90 Å². The molecule has 11 heavy (non-hydrogen) atoms. The monoisotopic (exact) mass is 153 g/mol. The number of hydrogen-bond acceptors (Lipinski definition) is 2. The van der Waals surface area contributed by atoms with E-state index in [0.717, 1.165) is 5.71 Å². The number of carboxylic acids is 1. The van der Waals surface area contributed by atoms with Crippen molar-refractivity contribution in [2.45, 2.75) is 19.8 Å². The summed E-state index contributed by atoms with van der Waals surface area (Å²) in [5.41, 5.74) is 1.02. The normalized spacial score (nSPS) is 21.9. The smallest absolute Gasteiger partial charge is 0.303 e. The van der Waals surface area contributed by atoms with Crippen molar-refractivity contribution in [3.05, 3.63) is 12.3 Å². The van der Waals surface area contributed by atoms with E-state index in [9.17, 15) is 4.79 Å². The van der Waals surface area contributed by atoms with Crippen molar-refractivity contribution in [3.63, 3.8) is 0 Å². The summed E-state index contributed by atoms with van der Waals surface area (Å²) in [6.07, 6.45) is 4.57. The maximum Gasteiger partial charge on any atom is 0.303 e. The molecule has 1 heterocycles. The third-order valence-corrected chi connectivity index (χ3v) is 1.80. The SMILES string of the molecule is CC1=NC=CC1CCC(=O)O. The van der Waals surface area contributed by atoms with Crippen LogP contribution >= 0.6 is 0 Å². The molecular weight excluding hydrogens is 142 g/mol. The Bertz CT molecular complexity index is 218. The molecule has 0 amide bonds. The number of allylic oxidation sites excluding steroid dienone is 1. The first-order valence-electron chi connectivity index (χ1n) is 3.63. The van der Waals surface area contributed by atoms with Gasteiger partial charge in [0.15, 0.2) is 0 Å². The van der Waals surface area contributed by atoms with Gasteiger partial charge >= 0.3 is 5.97 Å². The maximum atomic E-state index is 10.2. The largest absolute Gasteiger partial charge is 0.481 e. The molecule has 0 saturated carbocycles. The molecule has 0 aromatic carbocycles. The Hall–Kier alpha value is -1.12. The van der Waals surface area contributed by atoms with Crippen LogP contribution in [0.25, 0.3) is 0 Å². The first-order valence-corrected chi connectivity index (χ1v) is 3.63. The number of hydrogen-bond donors (Lipinski definition) is 1. The van der Waals surface area contributed by atoms with Gasteiger partial charge in [-0.05, 0) is 13.3 Å². The molecular formula is C8H11NO2. The van der Waals surface area contributed by atoms with Crippen molar-refractivity contribution in [1.82, 2.24) is 0 Å². The van der Waals surface area contributed by atoms with E-state index in [1.807, 2.05) is 13.0 Å². The quantitative estimate of drug-likeness (QED) is 0.667. The van der Waals surface area contributed by atoms with E-state index in [1.54, 1.807) is 6.20 Å². The summed E-state index contributed by atoms with van der Waals surface area (Å²) in [5.74, 6) is -0.482. The van der Waals surface area contributed by atoms with Gasteiger partial charge in [-0.2, -0.15) is 0 Å². The molecule has 1 rings (SSSR count). The van der Waals surface area contributed by atoms with Crippen LogP contribution in [0, 0.1) is 5.92 Å². The van der Waals surface area contributed by atoms with Gasteiger partial charge in [0, 0.05) is 24.3 Å². The number of carbonyl (C=O) groups is 1. The minimum absolute atomic E-state index is 0.224. The van der Waals surface area contributed by atoms with Crippen LogP contribution in [0.3, 0.4) is 0 Å². The molecule has 1 atom stereocenters. The minimum Gasteiger partial charge on any atom is -0.481 e. The van der Waals surface area contributed by atoms with Gasteiger partial charge in [0.1, 0.15) is 0 Å². The first kappa shape index (κ1) is 7.98. The molecule has 3 nitrogen and oxygen atoms in total. The van der Waals surface area contributed by atoms with E-state index >= 15 is 0 Å². The average Bonchev–Trinajstić information content (AvgIpc) is 2.31. The maximum absolute atomic E-state index is 10.2. The van der Waals surface area contributed by atoms with Crippen molar-refractivity contribution >= 4 is 11.7 Å². The fourth-order valence-corrected chi connectivity index (χ4v) is 1.08. The van der Waals surface area contributed by atoms with Gasteiger partial charge in [0.2, 0.25) is 0 Å². The fraction of sp³-hybridized carbons (Fsp3) is 0.500. The van der Waals surface area contributed by atoms with Gasteiger partial charge in [-0.15, -0.1) is 0 Å². The zero-order valence-electron chi connectivity index (χ0n) is 6.45. The Morgan fingerprint density at radius 1 is 1.82 bits per heavy atom. The summed E-state index contributed by atoms with van der Waals surface area (Å²) in [6.45, 7) is 1.92. The van der Waals surface area contributed by atoms with Crippen molar-refractivity contribution in [1.29, 1.82) is 0 Å². The Labute approximate surface area is 65.4 Å². The van der Waals surface area contributed by atoms with Gasteiger partial charge in [-0.3, -0.25) is 9.79 Å². The van der Waals surface area contributed by atoms with Crippen molar-refractivity contribution in [3.8, 4) is 0 Å². The summed E-state index contributed by atoms with van der Waals surface area (Å²) in [6, 6.07) is 0. The number of aliphatic imine (C=N–C) groups is 1. The standard InChI is InChI=1S/C8H11NO2/c1-6-7(4-5-9-6)2-3-8(10)11/h4-5,7H,2-3H2,1H3,(H,10,11). The van der Waals surface area contributed by atoms with Crippen LogP contribution in [-0.4, -0.2) is 16.8 Å². The van der Waals surface area contributed by atoms with E-state index < -0.39 is 5.97 Å². The van der Waals surface area contributed by atoms with Crippen LogP contribution in [0.5, 0.6) is 0 Å². The second-order valence-corrected chi connectivity index (χ2v) is 2.65. The predicted molar refractivity (Wildman–Crippen MR) is 42.6 cm³/mol. The molecule has 0 radical (unpaired) electrons. The summed E-state index contributed by atoms with van der Waals surface area (Å²) in [4.78, 5) is 14.2. The Kier molecular flexibility index (Phi) is 2.41. The molecule has 3 heteroatoms. The lowest BCUT2D eigenvalue weighted by Gasteiger charge is -2.04. The first-order chi connectivity index (χ1) is 5.20. The van der Waals surface area contributed by atoms with Crippen LogP contribution in [0.15, 0.2) is 17.3 Å². The highest BCUT2D eigenvalue weighted by atomic mass is 16.4. The van der Waals surface area contributed by atoms with Crippen molar-refractivity contribution in [2.24, 2.45) is 10.9 Å². The van der Waals surface area contributed by atoms with Gasteiger partial charge in [0.05, 0.1) is 0 Å². The summed E-state index contributed by atoms with van der Waals surface area (Å²) >= 11 is 0. The van der Waals surface area contributed by atoms with Gasteiger partial charge in [0.25, 0.3) is 0 Å². The van der Waals surface area contributed by atoms with Crippen LogP contribution < -0.4 is 0 Å². The zero-order chi connectivity index (χ0) is 8.27. The van der Waals surface area contributed by atoms with E-state index in [-0.39, 0.29) is 12.3 Å². The number of carboxylic acid groups (broad SMARTS) is 1. The number of rotatable bonds is 3. The van der Waals surface area contributed by atoms with Gasteiger partial charge in [-0.1, -0.05) is 6.08 Å². The lowest BCUT2D eigenvalue weighted by Crippen LogP contribution is -2.07. The van der Waals surface area contributed by atoms with E-state index in [4.69, 9.17) is 5.11 Å². The molecule has 1 aliphatic heterocycles. The number of nitrogens with zero attached hydrogens (tertiary/aromatic N) is 1. The van der Waals surface area contributed by atoms with Gasteiger partial charge in [-0.25, -0.2) is 0 Å². The topological polar surface area (TPSA) is 49.7 Å². The number of aliphatic carboxylic acids is 1. The summed E-state index contributed by atoms with van der Waals surface area (Å²) in [5, 5.41) is 8.40. The molecule has 1 unspecified atom stereocenters. The molecule has 0 aliphatic carbocycles. The molecule has 60 valence electrons. The second kappa shape index (κ2) is 3.32. The molecule has 1 aliphatic rings. The summed E-state index contributed by atoms with van der Waals surface area (Å²) < 4.78 is 0. The third-order valence-electron chi connectivity index (χ3n) is 1.80. The molecule has 0 bridgehead atoms. The molecule has 0 saturated heterocycles. The molecule has 0 aromatic rings. The highest BCUT2D eigenvalue weighted by molar-refractivity contribution is 5.88. The Morgan fingerprint density at radius 2 is 2.55 bits per heavy atom. The third kappa shape index (κ3) is 2.18. The van der Waals surface area contributed by atoms with E-state index in [2.05, 4.69) is 4.99 Å². The lowest BCUT2D eigenvalue weighted by atomic mass is 10.0. The zero-order valence-corrected chi connectivity index (χ0v) is 6.45. The Balaban J connectivity index is 2.33. The van der Waals surface area contributed by atoms with Gasteiger partial charge < -0.3 is 5.11 Å². The minimum atomic E-state index is -0.738. The van der Waals surface area contributed by atoms with Crippen LogP contribution in [0.2, 0.25) is 0 Å². The average molecular weight is 153 g/mol. The molecule has 0 aromatic heterocycles. The Morgan fingerprint density at radius 3 is 3.00 bits per heavy atom.